The van der Waals surface area contributed by atoms with E-state index >= 15 is 0 Å². The van der Waals surface area contributed by atoms with Gasteiger partial charge in [0.15, 0.2) is 0 Å². The van der Waals surface area contributed by atoms with Crippen LogP contribution in [-0.2, 0) is 0 Å². The maximum atomic E-state index is 5.42. The number of rotatable bonds is 5. The molecule has 0 saturated heterocycles. The molecule has 0 amide bonds. The Morgan fingerprint density at radius 3 is 2.73 bits per heavy atom. The van der Waals surface area contributed by atoms with Crippen molar-refractivity contribution in [3.8, 4) is 6.01 Å². The van der Waals surface area contributed by atoms with Crippen molar-refractivity contribution in [2.24, 2.45) is 5.73 Å². The molecular weight excluding hydrogens is 190 g/mol. The topological polar surface area (TPSA) is 61.0 Å². The van der Waals surface area contributed by atoms with Gasteiger partial charge in [-0.3, -0.25) is 0 Å². The monoisotopic (exact) mass is 209 g/mol. The van der Waals surface area contributed by atoms with Crippen LogP contribution in [-0.4, -0.2) is 23.1 Å². The van der Waals surface area contributed by atoms with E-state index in [4.69, 9.17) is 10.5 Å². The first-order valence-electron chi connectivity index (χ1n) is 5.32. The summed E-state index contributed by atoms with van der Waals surface area (Å²) in [6, 6.07) is 2.45. The lowest BCUT2D eigenvalue weighted by molar-refractivity contribution is 0.286. The third-order valence-electron chi connectivity index (χ3n) is 2.02. The van der Waals surface area contributed by atoms with Gasteiger partial charge in [0.2, 0.25) is 0 Å². The predicted octanol–water partition coefficient (Wildman–Crippen LogP) is 1.64. The SMILES string of the molecule is Cc1cc(C(C)C)nc(OCCCN)n1. The van der Waals surface area contributed by atoms with Crippen LogP contribution in [0.15, 0.2) is 6.07 Å². The Kier molecular flexibility index (Phi) is 4.49. The minimum absolute atomic E-state index is 0.392. The molecule has 1 heterocycles. The zero-order chi connectivity index (χ0) is 11.3. The molecule has 0 radical (unpaired) electrons. The summed E-state index contributed by atoms with van der Waals surface area (Å²) < 4.78 is 5.42. The number of nitrogens with two attached hydrogens (primary N) is 1. The molecule has 0 aromatic carbocycles. The van der Waals surface area contributed by atoms with Crippen LogP contribution in [0.5, 0.6) is 6.01 Å². The van der Waals surface area contributed by atoms with E-state index in [2.05, 4.69) is 23.8 Å². The Balaban J connectivity index is 2.71. The summed E-state index contributed by atoms with van der Waals surface area (Å²) in [4.78, 5) is 8.54. The van der Waals surface area contributed by atoms with Crippen molar-refractivity contribution in [1.82, 2.24) is 9.97 Å². The third kappa shape index (κ3) is 3.83. The van der Waals surface area contributed by atoms with Crippen molar-refractivity contribution < 1.29 is 4.74 Å². The fourth-order valence-electron chi connectivity index (χ4n) is 1.17. The molecule has 0 aliphatic carbocycles. The Morgan fingerprint density at radius 1 is 1.40 bits per heavy atom. The fraction of sp³-hybridized carbons (Fsp3) is 0.636. The quantitative estimate of drug-likeness (QED) is 0.749. The lowest BCUT2D eigenvalue weighted by atomic mass is 10.1. The van der Waals surface area contributed by atoms with Crippen LogP contribution in [0.25, 0.3) is 0 Å². The zero-order valence-corrected chi connectivity index (χ0v) is 9.66. The first kappa shape index (κ1) is 11.9. The molecule has 0 aliphatic heterocycles. The Hall–Kier alpha value is -1.16. The van der Waals surface area contributed by atoms with E-state index in [0.717, 1.165) is 17.8 Å². The predicted molar refractivity (Wildman–Crippen MR) is 60.0 cm³/mol. The number of hydrogen-bond acceptors (Lipinski definition) is 4. The number of aromatic nitrogens is 2. The van der Waals surface area contributed by atoms with E-state index in [-0.39, 0.29) is 0 Å². The zero-order valence-electron chi connectivity index (χ0n) is 9.66. The first-order valence-corrected chi connectivity index (χ1v) is 5.32. The second kappa shape index (κ2) is 5.66. The summed E-state index contributed by atoms with van der Waals surface area (Å²) >= 11 is 0. The number of ether oxygens (including phenoxy) is 1. The second-order valence-electron chi connectivity index (χ2n) is 3.86. The van der Waals surface area contributed by atoms with Gasteiger partial charge in [-0.2, -0.15) is 4.98 Å². The molecule has 0 atom stereocenters. The molecule has 1 aromatic heterocycles. The molecule has 1 rings (SSSR count). The molecule has 2 N–H and O–H groups in total. The molecule has 0 saturated carbocycles. The van der Waals surface area contributed by atoms with E-state index in [1.54, 1.807) is 0 Å². The minimum atomic E-state index is 0.392. The molecule has 0 bridgehead atoms. The van der Waals surface area contributed by atoms with Crippen molar-refractivity contribution in [2.45, 2.75) is 33.1 Å². The van der Waals surface area contributed by atoms with E-state index in [9.17, 15) is 0 Å². The standard InChI is InChI=1S/C11H19N3O/c1-8(2)10-7-9(3)13-11(14-10)15-6-4-5-12/h7-8H,4-6,12H2,1-3H3. The van der Waals surface area contributed by atoms with E-state index in [1.165, 1.54) is 0 Å². The Bertz CT molecular complexity index is 313. The summed E-state index contributed by atoms with van der Waals surface area (Å²) in [6.45, 7) is 7.36. The van der Waals surface area contributed by atoms with Crippen molar-refractivity contribution in [3.05, 3.63) is 17.5 Å². The highest BCUT2D eigenvalue weighted by molar-refractivity contribution is 5.15. The van der Waals surface area contributed by atoms with Gasteiger partial charge in [-0.25, -0.2) is 4.98 Å². The van der Waals surface area contributed by atoms with Gasteiger partial charge in [0.05, 0.1) is 12.3 Å². The maximum absolute atomic E-state index is 5.42. The Labute approximate surface area is 90.9 Å². The normalized spacial score (nSPS) is 10.7. The van der Waals surface area contributed by atoms with Crippen LogP contribution in [0.1, 0.15) is 37.6 Å². The van der Waals surface area contributed by atoms with Crippen LogP contribution in [0.4, 0.5) is 0 Å². The molecule has 4 nitrogen and oxygen atoms in total. The molecule has 4 heteroatoms. The molecule has 0 aliphatic rings. The van der Waals surface area contributed by atoms with Gasteiger partial charge in [-0.1, -0.05) is 13.8 Å². The van der Waals surface area contributed by atoms with Gasteiger partial charge in [-0.05, 0) is 31.9 Å². The van der Waals surface area contributed by atoms with Crippen LogP contribution >= 0.6 is 0 Å². The highest BCUT2D eigenvalue weighted by Crippen LogP contribution is 2.15. The Morgan fingerprint density at radius 2 is 2.13 bits per heavy atom. The highest BCUT2D eigenvalue weighted by atomic mass is 16.5. The summed E-state index contributed by atoms with van der Waals surface area (Å²) in [7, 11) is 0. The number of nitrogens with zero attached hydrogens (tertiary/aromatic N) is 2. The largest absolute Gasteiger partial charge is 0.463 e. The first-order chi connectivity index (χ1) is 7.13. The van der Waals surface area contributed by atoms with Crippen molar-refractivity contribution >= 4 is 0 Å². The number of aryl methyl sites for hydroxylation is 1. The van der Waals surface area contributed by atoms with E-state index in [1.807, 2.05) is 13.0 Å². The smallest absolute Gasteiger partial charge is 0.316 e. The molecule has 0 spiro atoms. The summed E-state index contributed by atoms with van der Waals surface area (Å²) in [5, 5.41) is 0. The highest BCUT2D eigenvalue weighted by Gasteiger charge is 2.06. The van der Waals surface area contributed by atoms with Gasteiger partial charge in [0.1, 0.15) is 0 Å². The number of hydrogen-bond donors (Lipinski definition) is 1. The van der Waals surface area contributed by atoms with Gasteiger partial charge in [0.25, 0.3) is 0 Å². The molecule has 1 aromatic rings. The van der Waals surface area contributed by atoms with Crippen molar-refractivity contribution in [2.75, 3.05) is 13.2 Å². The van der Waals surface area contributed by atoms with Gasteiger partial charge in [-0.15, -0.1) is 0 Å². The van der Waals surface area contributed by atoms with Crippen LogP contribution < -0.4 is 10.5 Å². The van der Waals surface area contributed by atoms with E-state index in [0.29, 0.717) is 25.1 Å². The average Bonchev–Trinajstić information content (AvgIpc) is 2.17. The molecular formula is C11H19N3O. The fourth-order valence-corrected chi connectivity index (χ4v) is 1.17. The average molecular weight is 209 g/mol. The van der Waals surface area contributed by atoms with Crippen molar-refractivity contribution in [3.63, 3.8) is 0 Å². The van der Waals surface area contributed by atoms with Gasteiger partial charge < -0.3 is 10.5 Å². The molecule has 84 valence electrons. The van der Waals surface area contributed by atoms with Crippen molar-refractivity contribution in [1.29, 1.82) is 0 Å². The minimum Gasteiger partial charge on any atom is -0.463 e. The van der Waals surface area contributed by atoms with Crippen LogP contribution in [0.3, 0.4) is 0 Å². The van der Waals surface area contributed by atoms with Crippen LogP contribution in [0.2, 0.25) is 0 Å². The van der Waals surface area contributed by atoms with Crippen LogP contribution in [0, 0.1) is 6.92 Å². The molecule has 0 fully saturated rings. The maximum Gasteiger partial charge on any atom is 0.316 e. The van der Waals surface area contributed by atoms with E-state index < -0.39 is 0 Å². The summed E-state index contributed by atoms with van der Waals surface area (Å²) in [5.74, 6) is 0.392. The molecule has 0 unspecified atom stereocenters. The summed E-state index contributed by atoms with van der Waals surface area (Å²) in [5.41, 5.74) is 7.34. The lowest BCUT2D eigenvalue weighted by Crippen LogP contribution is -2.09. The third-order valence-corrected chi connectivity index (χ3v) is 2.02. The summed E-state index contributed by atoms with van der Waals surface area (Å²) in [6.07, 6.45) is 0.828. The lowest BCUT2D eigenvalue weighted by Gasteiger charge is -2.08. The molecule has 15 heavy (non-hydrogen) atoms. The van der Waals surface area contributed by atoms with Gasteiger partial charge >= 0.3 is 6.01 Å². The van der Waals surface area contributed by atoms with Gasteiger partial charge in [0, 0.05) is 5.69 Å². The second-order valence-corrected chi connectivity index (χ2v) is 3.86.